The van der Waals surface area contributed by atoms with E-state index < -0.39 is 0 Å². The van der Waals surface area contributed by atoms with E-state index in [0.29, 0.717) is 5.95 Å². The highest BCUT2D eigenvalue weighted by atomic mass is 79.9. The zero-order valence-electron chi connectivity index (χ0n) is 10.7. The lowest BCUT2D eigenvalue weighted by Crippen LogP contribution is -2.02. The smallest absolute Gasteiger partial charge is 0.207 e. The molecule has 0 unspecified atom stereocenters. The highest BCUT2D eigenvalue weighted by Gasteiger charge is 2.12. The molecule has 0 bridgehead atoms. The monoisotopic (exact) mass is 316 g/mol. The first-order valence-electron chi connectivity index (χ1n) is 5.94. The van der Waals surface area contributed by atoms with Crippen molar-refractivity contribution in [3.63, 3.8) is 0 Å². The number of nitrogens with two attached hydrogens (primary N) is 1. The van der Waals surface area contributed by atoms with Gasteiger partial charge in [-0.15, -0.1) is 0 Å². The number of fused-ring (bicyclic) bond motifs is 1. The van der Waals surface area contributed by atoms with Crippen LogP contribution in [0, 0.1) is 13.8 Å². The van der Waals surface area contributed by atoms with Crippen molar-refractivity contribution in [1.29, 1.82) is 0 Å². The van der Waals surface area contributed by atoms with E-state index in [1.807, 2.05) is 16.7 Å². The average molecular weight is 317 g/mol. The Bertz CT molecular complexity index is 753. The normalized spacial score (nSPS) is 11.1. The molecule has 0 aliphatic rings. The summed E-state index contributed by atoms with van der Waals surface area (Å²) in [4.78, 5) is 8.71. The molecule has 4 nitrogen and oxygen atoms in total. The predicted octanol–water partition coefficient (Wildman–Crippen LogP) is 3.38. The third kappa shape index (κ3) is 1.90. The zero-order chi connectivity index (χ0) is 13.6. The summed E-state index contributed by atoms with van der Waals surface area (Å²) in [5, 5.41) is 0. The van der Waals surface area contributed by atoms with Crippen LogP contribution in [-0.2, 0) is 0 Å². The van der Waals surface area contributed by atoms with E-state index in [0.717, 1.165) is 32.5 Å². The van der Waals surface area contributed by atoms with Crippen LogP contribution in [0.1, 0.15) is 11.1 Å². The topological polar surface area (TPSA) is 56.7 Å². The number of halogens is 1. The minimum absolute atomic E-state index is 0.454. The molecular formula is C14H13BrN4. The van der Waals surface area contributed by atoms with Gasteiger partial charge in [-0.2, -0.15) is 0 Å². The van der Waals surface area contributed by atoms with Crippen molar-refractivity contribution in [2.45, 2.75) is 13.8 Å². The molecule has 2 aromatic heterocycles. The van der Waals surface area contributed by atoms with Gasteiger partial charge in [0.25, 0.3) is 0 Å². The first-order chi connectivity index (χ1) is 9.08. The maximum atomic E-state index is 6.02. The maximum absolute atomic E-state index is 6.02. The van der Waals surface area contributed by atoms with Gasteiger partial charge < -0.3 is 5.73 Å². The van der Waals surface area contributed by atoms with Crippen LogP contribution in [0.5, 0.6) is 0 Å². The van der Waals surface area contributed by atoms with Crippen molar-refractivity contribution in [3.8, 4) is 5.69 Å². The Morgan fingerprint density at radius 1 is 1.21 bits per heavy atom. The highest BCUT2D eigenvalue weighted by Crippen LogP contribution is 2.27. The first-order valence-corrected chi connectivity index (χ1v) is 6.73. The lowest BCUT2D eigenvalue weighted by molar-refractivity contribution is 1.07. The molecule has 0 fully saturated rings. The summed E-state index contributed by atoms with van der Waals surface area (Å²) in [6.07, 6.45) is 1.75. The van der Waals surface area contributed by atoms with Gasteiger partial charge in [-0.05, 0) is 49.2 Å². The molecule has 2 N–H and O–H groups in total. The number of nitrogen functional groups attached to an aromatic ring is 1. The van der Waals surface area contributed by atoms with Gasteiger partial charge >= 0.3 is 0 Å². The van der Waals surface area contributed by atoms with E-state index in [-0.39, 0.29) is 0 Å². The standard InChI is InChI=1S/C14H13BrN4/c1-8-6-10(7-9(2)12(8)15)19-13-11(18-14(19)16)4-3-5-17-13/h3-7H,1-2H3,(H2,16,18). The molecule has 96 valence electrons. The van der Waals surface area contributed by atoms with E-state index in [1.54, 1.807) is 6.20 Å². The van der Waals surface area contributed by atoms with Gasteiger partial charge in [0.1, 0.15) is 5.52 Å². The number of anilines is 1. The Morgan fingerprint density at radius 2 is 1.89 bits per heavy atom. The van der Waals surface area contributed by atoms with Crippen molar-refractivity contribution in [1.82, 2.24) is 14.5 Å². The second-order valence-electron chi connectivity index (χ2n) is 4.55. The molecule has 0 saturated heterocycles. The van der Waals surface area contributed by atoms with Gasteiger partial charge in [-0.1, -0.05) is 15.9 Å². The van der Waals surface area contributed by atoms with Gasteiger partial charge in [-0.3, -0.25) is 4.57 Å². The van der Waals surface area contributed by atoms with Crippen LogP contribution in [0.4, 0.5) is 5.95 Å². The van der Waals surface area contributed by atoms with Gasteiger partial charge in [0.2, 0.25) is 5.95 Å². The summed E-state index contributed by atoms with van der Waals surface area (Å²) in [6, 6.07) is 7.91. The minimum atomic E-state index is 0.454. The molecule has 2 heterocycles. The molecule has 0 aliphatic heterocycles. The SMILES string of the molecule is Cc1cc(-n2c(N)nc3cccnc32)cc(C)c1Br. The lowest BCUT2D eigenvalue weighted by atomic mass is 10.1. The van der Waals surface area contributed by atoms with Crippen LogP contribution in [-0.4, -0.2) is 14.5 Å². The Labute approximate surface area is 119 Å². The largest absolute Gasteiger partial charge is 0.369 e. The summed E-state index contributed by atoms with van der Waals surface area (Å²) in [7, 11) is 0. The minimum Gasteiger partial charge on any atom is -0.369 e. The summed E-state index contributed by atoms with van der Waals surface area (Å²) in [5.74, 6) is 0.454. The van der Waals surface area contributed by atoms with Gasteiger partial charge in [0.05, 0.1) is 5.69 Å². The second-order valence-corrected chi connectivity index (χ2v) is 5.34. The zero-order valence-corrected chi connectivity index (χ0v) is 12.3. The molecule has 0 atom stereocenters. The van der Waals surface area contributed by atoms with Crippen LogP contribution in [0.3, 0.4) is 0 Å². The fraction of sp³-hybridized carbons (Fsp3) is 0.143. The van der Waals surface area contributed by atoms with Crippen LogP contribution in [0.15, 0.2) is 34.9 Å². The number of nitrogens with zero attached hydrogens (tertiary/aromatic N) is 3. The van der Waals surface area contributed by atoms with Crippen molar-refractivity contribution in [2.75, 3.05) is 5.73 Å². The van der Waals surface area contributed by atoms with Crippen LogP contribution in [0.2, 0.25) is 0 Å². The fourth-order valence-electron chi connectivity index (χ4n) is 2.24. The van der Waals surface area contributed by atoms with Crippen molar-refractivity contribution in [3.05, 3.63) is 46.1 Å². The molecule has 0 spiro atoms. The molecule has 5 heteroatoms. The summed E-state index contributed by atoms with van der Waals surface area (Å²) in [5.41, 5.74) is 10.9. The summed E-state index contributed by atoms with van der Waals surface area (Å²) < 4.78 is 2.99. The maximum Gasteiger partial charge on any atom is 0.207 e. The number of rotatable bonds is 1. The number of benzene rings is 1. The van der Waals surface area contributed by atoms with E-state index >= 15 is 0 Å². The van der Waals surface area contributed by atoms with Crippen molar-refractivity contribution in [2.24, 2.45) is 0 Å². The highest BCUT2D eigenvalue weighted by molar-refractivity contribution is 9.10. The third-order valence-electron chi connectivity index (χ3n) is 3.12. The number of imidazole rings is 1. The quantitative estimate of drug-likeness (QED) is 0.748. The third-order valence-corrected chi connectivity index (χ3v) is 4.37. The number of pyridine rings is 1. The number of aromatic nitrogens is 3. The lowest BCUT2D eigenvalue weighted by Gasteiger charge is -2.10. The molecule has 3 aromatic rings. The molecule has 19 heavy (non-hydrogen) atoms. The Kier molecular flexibility index (Phi) is 2.78. The van der Waals surface area contributed by atoms with Crippen LogP contribution < -0.4 is 5.73 Å². The molecule has 1 aromatic carbocycles. The van der Waals surface area contributed by atoms with Crippen molar-refractivity contribution >= 4 is 33.0 Å². The Hall–Kier alpha value is -1.88. The van der Waals surface area contributed by atoms with E-state index in [1.165, 1.54) is 0 Å². The number of hydrogen-bond acceptors (Lipinski definition) is 3. The summed E-state index contributed by atoms with van der Waals surface area (Å²) >= 11 is 3.57. The average Bonchev–Trinajstić information content (AvgIpc) is 2.71. The molecule has 0 aliphatic carbocycles. The first kappa shape index (κ1) is 12.2. The number of aryl methyl sites for hydroxylation is 2. The molecule has 0 saturated carbocycles. The number of hydrogen-bond donors (Lipinski definition) is 1. The fourth-order valence-corrected chi connectivity index (χ4v) is 2.47. The van der Waals surface area contributed by atoms with Gasteiger partial charge in [-0.25, -0.2) is 9.97 Å². The van der Waals surface area contributed by atoms with Crippen molar-refractivity contribution < 1.29 is 0 Å². The van der Waals surface area contributed by atoms with E-state index in [4.69, 9.17) is 5.73 Å². The van der Waals surface area contributed by atoms with Gasteiger partial charge in [0, 0.05) is 10.7 Å². The predicted molar refractivity (Wildman–Crippen MR) is 80.5 cm³/mol. The second kappa shape index (κ2) is 4.35. The Morgan fingerprint density at radius 3 is 2.58 bits per heavy atom. The Balaban J connectivity index is 2.33. The van der Waals surface area contributed by atoms with E-state index in [9.17, 15) is 0 Å². The van der Waals surface area contributed by atoms with Crippen LogP contribution in [0.25, 0.3) is 16.9 Å². The molecule has 0 radical (unpaired) electrons. The molecule has 3 rings (SSSR count). The summed E-state index contributed by atoms with van der Waals surface area (Å²) in [6.45, 7) is 4.12. The molecule has 0 amide bonds. The molecular weight excluding hydrogens is 304 g/mol. The van der Waals surface area contributed by atoms with Gasteiger partial charge in [0.15, 0.2) is 5.65 Å². The van der Waals surface area contributed by atoms with Crippen LogP contribution >= 0.6 is 15.9 Å². The van der Waals surface area contributed by atoms with E-state index in [2.05, 4.69) is 51.9 Å².